The van der Waals surface area contributed by atoms with Gasteiger partial charge in [-0.2, -0.15) is 4.98 Å². The van der Waals surface area contributed by atoms with Crippen LogP contribution >= 0.6 is 27.7 Å². The van der Waals surface area contributed by atoms with Crippen LogP contribution in [0, 0.1) is 0 Å². The normalized spacial score (nSPS) is 12.1. The van der Waals surface area contributed by atoms with Crippen LogP contribution in [0.3, 0.4) is 0 Å². The van der Waals surface area contributed by atoms with E-state index in [4.69, 9.17) is 9.26 Å². The number of nitrogens with zero attached hydrogens (tertiary/aromatic N) is 2. The lowest BCUT2D eigenvalue weighted by atomic mass is 10.2. The van der Waals surface area contributed by atoms with Crippen LogP contribution in [0.25, 0.3) is 0 Å². The van der Waals surface area contributed by atoms with Crippen LogP contribution in [0.5, 0.6) is 0 Å². The fourth-order valence-electron chi connectivity index (χ4n) is 1.57. The number of benzene rings is 1. The molecule has 0 radical (unpaired) electrons. The summed E-state index contributed by atoms with van der Waals surface area (Å²) in [7, 11) is 0. The first-order valence-corrected chi connectivity index (χ1v) is 8.26. The SMILES string of the molecule is CCOC(=O)C(C)c1nc(CSc2ccccc2Br)no1. The second kappa shape index (κ2) is 7.61. The molecule has 0 fully saturated rings. The van der Waals surface area contributed by atoms with Crippen LogP contribution in [-0.4, -0.2) is 22.7 Å². The van der Waals surface area contributed by atoms with Crippen molar-refractivity contribution in [3.63, 3.8) is 0 Å². The molecular formula is C14H15BrN2O3S. The highest BCUT2D eigenvalue weighted by Gasteiger charge is 2.23. The molecule has 21 heavy (non-hydrogen) atoms. The summed E-state index contributed by atoms with van der Waals surface area (Å²) in [5.74, 6) is 0.519. The second-order valence-corrected chi connectivity index (χ2v) is 6.11. The molecule has 1 aromatic heterocycles. The van der Waals surface area contributed by atoms with Crippen molar-refractivity contribution in [3.05, 3.63) is 40.5 Å². The fraction of sp³-hybridized carbons (Fsp3) is 0.357. The quantitative estimate of drug-likeness (QED) is 0.569. The first kappa shape index (κ1) is 16.0. The Balaban J connectivity index is 1.97. The molecule has 0 saturated carbocycles. The predicted octanol–water partition coefficient (Wildman–Crippen LogP) is 3.79. The van der Waals surface area contributed by atoms with Crippen molar-refractivity contribution < 1.29 is 14.1 Å². The molecule has 0 N–H and O–H groups in total. The van der Waals surface area contributed by atoms with Gasteiger partial charge in [0.1, 0.15) is 5.92 Å². The van der Waals surface area contributed by atoms with E-state index in [1.54, 1.807) is 25.6 Å². The molecule has 0 aliphatic heterocycles. The summed E-state index contributed by atoms with van der Waals surface area (Å²) >= 11 is 5.08. The third-order valence-electron chi connectivity index (χ3n) is 2.69. The summed E-state index contributed by atoms with van der Waals surface area (Å²) in [5.41, 5.74) is 0. The maximum absolute atomic E-state index is 11.6. The van der Waals surface area contributed by atoms with Crippen LogP contribution in [0.4, 0.5) is 0 Å². The van der Waals surface area contributed by atoms with Crippen molar-refractivity contribution in [1.82, 2.24) is 10.1 Å². The first-order chi connectivity index (χ1) is 10.1. The molecule has 0 bridgehead atoms. The van der Waals surface area contributed by atoms with E-state index >= 15 is 0 Å². The Kier molecular flexibility index (Phi) is 5.81. The lowest BCUT2D eigenvalue weighted by Gasteiger charge is -2.04. The molecule has 0 amide bonds. The van der Waals surface area contributed by atoms with Gasteiger partial charge in [0.15, 0.2) is 5.82 Å². The molecular weight excluding hydrogens is 356 g/mol. The van der Waals surface area contributed by atoms with E-state index in [1.165, 1.54) is 0 Å². The highest BCUT2D eigenvalue weighted by atomic mass is 79.9. The third kappa shape index (κ3) is 4.31. The fourth-order valence-corrected chi connectivity index (χ4v) is 2.98. The van der Waals surface area contributed by atoms with Crippen molar-refractivity contribution in [3.8, 4) is 0 Å². The van der Waals surface area contributed by atoms with Gasteiger partial charge in [-0.25, -0.2) is 0 Å². The number of hydrogen-bond donors (Lipinski definition) is 0. The van der Waals surface area contributed by atoms with E-state index in [2.05, 4.69) is 26.1 Å². The maximum atomic E-state index is 11.6. The van der Waals surface area contributed by atoms with Gasteiger partial charge in [0.25, 0.3) is 0 Å². The summed E-state index contributed by atoms with van der Waals surface area (Å²) in [6.07, 6.45) is 0. The van der Waals surface area contributed by atoms with Crippen molar-refractivity contribution in [2.45, 2.75) is 30.4 Å². The third-order valence-corrected chi connectivity index (χ3v) is 4.71. The van der Waals surface area contributed by atoms with E-state index in [0.717, 1.165) is 9.37 Å². The molecule has 1 atom stereocenters. The van der Waals surface area contributed by atoms with E-state index in [9.17, 15) is 4.79 Å². The van der Waals surface area contributed by atoms with Crippen molar-refractivity contribution >= 4 is 33.7 Å². The number of carbonyl (C=O) groups is 1. The molecule has 112 valence electrons. The second-order valence-electron chi connectivity index (χ2n) is 4.24. The van der Waals surface area contributed by atoms with Crippen molar-refractivity contribution in [2.75, 3.05) is 6.61 Å². The molecule has 1 aromatic carbocycles. The molecule has 2 rings (SSSR count). The monoisotopic (exact) mass is 370 g/mol. The topological polar surface area (TPSA) is 65.2 Å². The Labute approximate surface area is 135 Å². The minimum absolute atomic E-state index is 0.288. The Bertz CT molecular complexity index is 618. The number of thioether (sulfide) groups is 1. The molecule has 0 spiro atoms. The average molecular weight is 371 g/mol. The summed E-state index contributed by atoms with van der Waals surface area (Å²) in [6, 6.07) is 7.92. The number of ether oxygens (including phenoxy) is 1. The Morgan fingerprint density at radius 3 is 2.95 bits per heavy atom. The molecule has 0 aliphatic rings. The zero-order chi connectivity index (χ0) is 15.2. The molecule has 0 saturated heterocycles. The van der Waals surface area contributed by atoms with E-state index in [-0.39, 0.29) is 11.9 Å². The largest absolute Gasteiger partial charge is 0.465 e. The first-order valence-electron chi connectivity index (χ1n) is 6.48. The number of rotatable bonds is 6. The van der Waals surface area contributed by atoms with Gasteiger partial charge >= 0.3 is 5.97 Å². The molecule has 1 unspecified atom stereocenters. The van der Waals surface area contributed by atoms with Gasteiger partial charge in [-0.05, 0) is 41.9 Å². The molecule has 2 aromatic rings. The van der Waals surface area contributed by atoms with Crippen molar-refractivity contribution in [1.29, 1.82) is 0 Å². The maximum Gasteiger partial charge on any atom is 0.318 e. The summed E-state index contributed by atoms with van der Waals surface area (Å²) in [4.78, 5) is 17.0. The van der Waals surface area contributed by atoms with Crippen LogP contribution in [0.1, 0.15) is 31.5 Å². The van der Waals surface area contributed by atoms with Gasteiger partial charge in [-0.15, -0.1) is 11.8 Å². The van der Waals surface area contributed by atoms with Crippen LogP contribution in [-0.2, 0) is 15.3 Å². The summed E-state index contributed by atoms with van der Waals surface area (Å²) in [5, 5.41) is 3.89. The number of aromatic nitrogens is 2. The van der Waals surface area contributed by atoms with Crippen LogP contribution < -0.4 is 0 Å². The van der Waals surface area contributed by atoms with E-state index < -0.39 is 5.92 Å². The number of esters is 1. The molecule has 7 heteroatoms. The number of carbonyl (C=O) groups excluding carboxylic acids is 1. The number of halogens is 1. The van der Waals surface area contributed by atoms with Gasteiger partial charge < -0.3 is 9.26 Å². The standard InChI is InChI=1S/C14H15BrN2O3S/c1-3-19-14(18)9(2)13-16-12(17-20-13)8-21-11-7-5-4-6-10(11)15/h4-7,9H,3,8H2,1-2H3. The van der Waals surface area contributed by atoms with Gasteiger partial charge in [0, 0.05) is 9.37 Å². The smallest absolute Gasteiger partial charge is 0.318 e. The summed E-state index contributed by atoms with van der Waals surface area (Å²) in [6.45, 7) is 3.79. The van der Waals surface area contributed by atoms with Crippen LogP contribution in [0.2, 0.25) is 0 Å². The van der Waals surface area contributed by atoms with Gasteiger partial charge in [0.05, 0.1) is 12.4 Å². The Morgan fingerprint density at radius 2 is 2.24 bits per heavy atom. The molecule has 1 heterocycles. The lowest BCUT2D eigenvalue weighted by molar-refractivity contribution is -0.145. The molecule has 5 nitrogen and oxygen atoms in total. The zero-order valence-electron chi connectivity index (χ0n) is 11.7. The van der Waals surface area contributed by atoms with Gasteiger partial charge in [-0.1, -0.05) is 17.3 Å². The lowest BCUT2D eigenvalue weighted by Crippen LogP contribution is -2.13. The Hall–Kier alpha value is -1.34. The minimum Gasteiger partial charge on any atom is -0.465 e. The Morgan fingerprint density at radius 1 is 1.48 bits per heavy atom. The van der Waals surface area contributed by atoms with Crippen molar-refractivity contribution in [2.24, 2.45) is 0 Å². The minimum atomic E-state index is -0.542. The highest BCUT2D eigenvalue weighted by molar-refractivity contribution is 9.10. The van der Waals surface area contributed by atoms with E-state index in [1.807, 2.05) is 24.3 Å². The number of hydrogen-bond acceptors (Lipinski definition) is 6. The van der Waals surface area contributed by atoms with Crippen LogP contribution in [0.15, 0.2) is 38.2 Å². The van der Waals surface area contributed by atoms with Gasteiger partial charge in [-0.3, -0.25) is 4.79 Å². The highest BCUT2D eigenvalue weighted by Crippen LogP contribution is 2.29. The van der Waals surface area contributed by atoms with E-state index in [0.29, 0.717) is 18.2 Å². The average Bonchev–Trinajstić information content (AvgIpc) is 2.95. The van der Waals surface area contributed by atoms with Gasteiger partial charge in [0.2, 0.25) is 5.89 Å². The zero-order valence-corrected chi connectivity index (χ0v) is 14.1. The summed E-state index contributed by atoms with van der Waals surface area (Å²) < 4.78 is 11.1. The predicted molar refractivity (Wildman–Crippen MR) is 83.0 cm³/mol. The molecule has 0 aliphatic carbocycles.